The van der Waals surface area contributed by atoms with E-state index in [2.05, 4.69) is 26.0 Å². The maximum atomic E-state index is 13.8. The fourth-order valence-electron chi connectivity index (χ4n) is 6.37. The highest BCUT2D eigenvalue weighted by Gasteiger charge is 2.81. The van der Waals surface area contributed by atoms with E-state index in [1.807, 2.05) is 0 Å². The van der Waals surface area contributed by atoms with Crippen LogP contribution in [0.2, 0.25) is 0 Å². The van der Waals surface area contributed by atoms with E-state index in [1.165, 1.54) is 19.2 Å². The van der Waals surface area contributed by atoms with Gasteiger partial charge in [-0.1, -0.05) is 0 Å². The van der Waals surface area contributed by atoms with Crippen LogP contribution >= 0.6 is 0 Å². The third kappa shape index (κ3) is 2.93. The highest BCUT2D eigenvalue weighted by Crippen LogP contribution is 2.86. The number of rotatable bonds is 6. The molecule has 0 spiro atoms. The van der Waals surface area contributed by atoms with Crippen LogP contribution in [0.3, 0.4) is 0 Å². The number of nitrogens with zero attached hydrogens (tertiary/aromatic N) is 3. The van der Waals surface area contributed by atoms with Gasteiger partial charge in [0, 0.05) is 42.2 Å². The summed E-state index contributed by atoms with van der Waals surface area (Å²) in [6.07, 6.45) is -0.232. The molecule has 3 N–H and O–H groups in total. The first-order chi connectivity index (χ1) is 17.5. The lowest BCUT2D eigenvalue weighted by Gasteiger charge is -2.46. The van der Waals surface area contributed by atoms with Crippen molar-refractivity contribution in [1.29, 1.82) is 0 Å². The summed E-state index contributed by atoms with van der Waals surface area (Å²) in [5, 5.41) is 14.8. The zero-order valence-electron chi connectivity index (χ0n) is 19.1. The van der Waals surface area contributed by atoms with E-state index in [-0.39, 0.29) is 40.2 Å². The Hall–Kier alpha value is -4.03. The van der Waals surface area contributed by atoms with Crippen LogP contribution in [-0.2, 0) is 10.3 Å². The van der Waals surface area contributed by atoms with Gasteiger partial charge in [0.05, 0.1) is 17.3 Å². The molecule has 0 radical (unpaired) electrons. The Morgan fingerprint density at radius 3 is 2.49 bits per heavy atom. The monoisotopic (exact) mass is 514 g/mol. The molecule has 4 heterocycles. The summed E-state index contributed by atoms with van der Waals surface area (Å²) in [6, 6.07) is 2.98. The molecule has 37 heavy (non-hydrogen) atoms. The van der Waals surface area contributed by atoms with Crippen molar-refractivity contribution in [1.82, 2.24) is 25.3 Å². The number of hydrogen-bond acceptors (Lipinski definition) is 5. The van der Waals surface area contributed by atoms with Gasteiger partial charge < -0.3 is 15.2 Å². The Balaban J connectivity index is 1.21. The van der Waals surface area contributed by atoms with Gasteiger partial charge in [0.15, 0.2) is 11.6 Å². The third-order valence-electron chi connectivity index (χ3n) is 8.09. The van der Waals surface area contributed by atoms with Crippen LogP contribution in [0.4, 0.5) is 23.2 Å². The van der Waals surface area contributed by atoms with Gasteiger partial charge in [-0.25, -0.2) is 17.6 Å². The highest BCUT2D eigenvalue weighted by atomic mass is 19.3. The van der Waals surface area contributed by atoms with Gasteiger partial charge in [0.1, 0.15) is 11.4 Å². The average Bonchev–Trinajstić information content (AvgIpc) is 3.39. The standard InChI is InChI=1S/C24H18F4N6O3/c1-8-13(20(35)22(37)31-23(6-24(27,28)7-23)12-5-29-33-32-12)18-14-15-16(14)19(15)34(18)17(8)21(36)30-9-2-3-10(25)11(26)4-9/h2-5,14-16,19H,6-7H2,1H3,(H,30,36)(H,31,37)(H,29,32,33)/t14?,15-,16-,19?/m0/s1. The average molecular weight is 514 g/mol. The molecule has 0 unspecified atom stereocenters. The summed E-state index contributed by atoms with van der Waals surface area (Å²) in [5.41, 5.74) is -0.331. The van der Waals surface area contributed by atoms with Gasteiger partial charge in [-0.2, -0.15) is 15.4 Å². The van der Waals surface area contributed by atoms with Crippen molar-refractivity contribution in [2.24, 2.45) is 11.8 Å². The van der Waals surface area contributed by atoms with Gasteiger partial charge >= 0.3 is 0 Å². The second-order valence-corrected chi connectivity index (χ2v) is 10.3. The smallest absolute Gasteiger partial charge is 0.293 e. The molecule has 3 saturated carbocycles. The number of anilines is 1. The molecule has 1 aromatic carbocycles. The van der Waals surface area contributed by atoms with Crippen molar-refractivity contribution in [3.8, 4) is 0 Å². The lowest BCUT2D eigenvalue weighted by molar-refractivity contribution is -0.148. The summed E-state index contributed by atoms with van der Waals surface area (Å²) in [7, 11) is 0. The van der Waals surface area contributed by atoms with Crippen molar-refractivity contribution < 1.29 is 31.9 Å². The SMILES string of the molecule is Cc1c(C(=O)C(=O)NC2(c3cn[nH]n3)CC(F)(F)C2)c2n(c1C(=O)Nc1ccc(F)c(F)c1)C1[C@H]3C2[C@H]13. The number of carbonyl (C=O) groups excluding carboxylic acids is 3. The molecule has 3 fully saturated rings. The van der Waals surface area contributed by atoms with E-state index in [0.717, 1.165) is 12.1 Å². The first kappa shape index (κ1) is 22.2. The van der Waals surface area contributed by atoms with Crippen molar-refractivity contribution in [2.75, 3.05) is 5.32 Å². The van der Waals surface area contributed by atoms with Crippen LogP contribution in [0, 0.1) is 30.4 Å². The number of carbonyl (C=O) groups is 3. The molecule has 8 rings (SSSR count). The Morgan fingerprint density at radius 2 is 1.86 bits per heavy atom. The molecule has 2 bridgehead atoms. The molecule has 3 aromatic rings. The quantitative estimate of drug-likeness (QED) is 0.265. The maximum Gasteiger partial charge on any atom is 0.293 e. The Kier molecular flexibility index (Phi) is 4.10. The van der Waals surface area contributed by atoms with Crippen molar-refractivity contribution in [2.45, 2.75) is 43.2 Å². The van der Waals surface area contributed by atoms with Crippen LogP contribution in [0.1, 0.15) is 62.6 Å². The van der Waals surface area contributed by atoms with Gasteiger partial charge in [-0.05, 0) is 36.5 Å². The predicted octanol–water partition coefficient (Wildman–Crippen LogP) is 2.97. The largest absolute Gasteiger partial charge is 0.337 e. The molecule has 5 aliphatic rings. The normalized spacial score (nSPS) is 26.5. The number of aromatic nitrogens is 4. The number of H-pyrrole nitrogens is 1. The summed E-state index contributed by atoms with van der Waals surface area (Å²) in [4.78, 5) is 39.8. The number of benzene rings is 1. The van der Waals surface area contributed by atoms with E-state index >= 15 is 0 Å². The molecule has 2 amide bonds. The van der Waals surface area contributed by atoms with Crippen LogP contribution in [0.15, 0.2) is 24.4 Å². The van der Waals surface area contributed by atoms with E-state index in [0.29, 0.717) is 17.5 Å². The third-order valence-corrected chi connectivity index (χ3v) is 8.09. The number of Topliss-reactive ketones (excluding diaryl/α,β-unsaturated/α-hetero) is 1. The molecule has 2 aromatic heterocycles. The molecule has 2 aliphatic heterocycles. The summed E-state index contributed by atoms with van der Waals surface area (Å²) < 4.78 is 56.4. The fourth-order valence-corrected chi connectivity index (χ4v) is 6.37. The number of nitrogens with one attached hydrogen (secondary N) is 3. The van der Waals surface area contributed by atoms with Gasteiger partial charge in [-0.15, -0.1) is 0 Å². The highest BCUT2D eigenvalue weighted by molar-refractivity contribution is 6.44. The molecule has 2 atom stereocenters. The summed E-state index contributed by atoms with van der Waals surface area (Å²) in [5.74, 6) is -7.21. The number of alkyl halides is 2. The number of hydrogen-bond donors (Lipinski definition) is 3. The second kappa shape index (κ2) is 6.84. The lowest BCUT2D eigenvalue weighted by atomic mass is 9.71. The number of ketones is 1. The van der Waals surface area contributed by atoms with Crippen LogP contribution in [0.25, 0.3) is 0 Å². The Morgan fingerprint density at radius 1 is 1.14 bits per heavy atom. The second-order valence-electron chi connectivity index (χ2n) is 10.3. The Labute approximate surface area is 205 Å². The zero-order chi connectivity index (χ0) is 26.0. The topological polar surface area (TPSA) is 122 Å². The van der Waals surface area contributed by atoms with Crippen molar-refractivity contribution in [3.05, 3.63) is 64.2 Å². The molecule has 9 nitrogen and oxygen atoms in total. The number of aromatic amines is 1. The van der Waals surface area contributed by atoms with Crippen LogP contribution < -0.4 is 10.6 Å². The molecule has 13 heteroatoms. The van der Waals surface area contributed by atoms with Crippen LogP contribution in [-0.4, -0.2) is 43.5 Å². The Bertz CT molecular complexity index is 1530. The maximum absolute atomic E-state index is 13.8. The molecular formula is C24H18F4N6O3. The summed E-state index contributed by atoms with van der Waals surface area (Å²) >= 11 is 0. The van der Waals surface area contributed by atoms with E-state index in [9.17, 15) is 31.9 Å². The minimum Gasteiger partial charge on any atom is -0.337 e. The van der Waals surface area contributed by atoms with Crippen LogP contribution in [0.5, 0.6) is 0 Å². The first-order valence-corrected chi connectivity index (χ1v) is 11.6. The van der Waals surface area contributed by atoms with E-state index in [4.69, 9.17) is 0 Å². The van der Waals surface area contributed by atoms with Gasteiger partial charge in [-0.3, -0.25) is 14.4 Å². The molecular weight excluding hydrogens is 496 g/mol. The number of amides is 2. The first-order valence-electron chi connectivity index (χ1n) is 11.6. The van der Waals surface area contributed by atoms with E-state index in [1.54, 1.807) is 4.57 Å². The minimum absolute atomic E-state index is 0.0302. The lowest BCUT2D eigenvalue weighted by Crippen LogP contribution is -2.61. The van der Waals surface area contributed by atoms with Crippen molar-refractivity contribution >= 4 is 23.3 Å². The summed E-state index contributed by atoms with van der Waals surface area (Å²) in [6.45, 7) is 1.53. The minimum atomic E-state index is -3.03. The molecule has 0 saturated heterocycles. The van der Waals surface area contributed by atoms with E-state index < -0.39 is 53.5 Å². The number of halogens is 4. The molecule has 3 aliphatic carbocycles. The zero-order valence-corrected chi connectivity index (χ0v) is 19.1. The molecule has 190 valence electrons. The van der Waals surface area contributed by atoms with Crippen molar-refractivity contribution in [3.63, 3.8) is 0 Å². The van der Waals surface area contributed by atoms with Gasteiger partial charge in [0.2, 0.25) is 0 Å². The predicted molar refractivity (Wildman–Crippen MR) is 117 cm³/mol. The van der Waals surface area contributed by atoms with Gasteiger partial charge in [0.25, 0.3) is 23.5 Å². The fraction of sp³-hybridized carbons (Fsp3) is 0.375.